The van der Waals surface area contributed by atoms with Crippen molar-refractivity contribution in [3.05, 3.63) is 65.2 Å². The topological polar surface area (TPSA) is 38.3 Å². The second-order valence-electron chi connectivity index (χ2n) is 7.31. The predicted octanol–water partition coefficient (Wildman–Crippen LogP) is 5.21. The Morgan fingerprint density at radius 3 is 2.38 bits per heavy atom. The number of nitrogens with one attached hydrogen (secondary N) is 1. The van der Waals surface area contributed by atoms with Crippen LogP contribution in [0.3, 0.4) is 0 Å². The third-order valence-corrected chi connectivity index (χ3v) is 4.93. The Hall–Kier alpha value is -2.64. The maximum Gasteiger partial charge on any atom is 0.422 e. The molecule has 1 aliphatic rings. The number of carbonyl (C=O) groups is 1. The van der Waals surface area contributed by atoms with Gasteiger partial charge < -0.3 is 10.1 Å². The molecule has 0 saturated heterocycles. The van der Waals surface area contributed by atoms with Gasteiger partial charge in [-0.15, -0.1) is 0 Å². The molecule has 1 aliphatic carbocycles. The Morgan fingerprint density at radius 2 is 1.79 bits per heavy atom. The molecule has 1 saturated carbocycles. The number of benzene rings is 2. The highest BCUT2D eigenvalue weighted by Gasteiger charge is 2.48. The van der Waals surface area contributed by atoms with Crippen molar-refractivity contribution in [2.75, 3.05) is 6.61 Å². The third kappa shape index (κ3) is 5.25. The van der Waals surface area contributed by atoms with Gasteiger partial charge in [-0.1, -0.05) is 31.2 Å². The molecular formula is C21H20F5NO2. The number of carbonyl (C=O) groups excluding carboxylic acids is 1. The van der Waals surface area contributed by atoms with Crippen LogP contribution < -0.4 is 10.1 Å². The first kappa shape index (κ1) is 21.1. The van der Waals surface area contributed by atoms with Gasteiger partial charge in [0.05, 0.1) is 5.54 Å². The highest BCUT2D eigenvalue weighted by atomic mass is 19.4. The van der Waals surface area contributed by atoms with E-state index in [1.807, 2.05) is 6.92 Å². The Labute approximate surface area is 164 Å². The van der Waals surface area contributed by atoms with Gasteiger partial charge in [0, 0.05) is 12.0 Å². The van der Waals surface area contributed by atoms with Crippen molar-refractivity contribution in [1.29, 1.82) is 0 Å². The van der Waals surface area contributed by atoms with Crippen LogP contribution >= 0.6 is 0 Å². The van der Waals surface area contributed by atoms with Crippen LogP contribution in [0.25, 0.3) is 0 Å². The summed E-state index contributed by atoms with van der Waals surface area (Å²) in [4.78, 5) is 12.5. The summed E-state index contributed by atoms with van der Waals surface area (Å²) in [5.74, 6) is -2.27. The average Bonchev–Trinajstić information content (AvgIpc) is 3.40. The molecule has 2 aromatic carbocycles. The van der Waals surface area contributed by atoms with Gasteiger partial charge in [0.15, 0.2) is 18.2 Å². The van der Waals surface area contributed by atoms with Gasteiger partial charge in [0.25, 0.3) is 0 Å². The molecule has 8 heteroatoms. The highest BCUT2D eigenvalue weighted by molar-refractivity contribution is 5.78. The van der Waals surface area contributed by atoms with E-state index in [0.717, 1.165) is 11.6 Å². The molecule has 1 fully saturated rings. The van der Waals surface area contributed by atoms with E-state index < -0.39 is 29.9 Å². The van der Waals surface area contributed by atoms with Gasteiger partial charge in [0.2, 0.25) is 5.91 Å². The van der Waals surface area contributed by atoms with E-state index in [-0.39, 0.29) is 29.6 Å². The van der Waals surface area contributed by atoms with Crippen molar-refractivity contribution in [3.63, 3.8) is 0 Å². The molecule has 1 amide bonds. The molecule has 0 spiro atoms. The fraction of sp³-hybridized carbons (Fsp3) is 0.381. The van der Waals surface area contributed by atoms with Crippen LogP contribution in [0.1, 0.15) is 43.2 Å². The molecule has 2 aromatic rings. The van der Waals surface area contributed by atoms with Gasteiger partial charge in [-0.25, -0.2) is 8.78 Å². The van der Waals surface area contributed by atoms with E-state index in [4.69, 9.17) is 0 Å². The number of halogens is 5. The van der Waals surface area contributed by atoms with Crippen LogP contribution in [0.2, 0.25) is 0 Å². The van der Waals surface area contributed by atoms with Crippen LogP contribution in [-0.4, -0.2) is 18.7 Å². The Morgan fingerprint density at radius 1 is 1.14 bits per heavy atom. The lowest BCUT2D eigenvalue weighted by atomic mass is 9.96. The minimum absolute atomic E-state index is 0.110. The van der Waals surface area contributed by atoms with Crippen LogP contribution in [0, 0.1) is 11.6 Å². The van der Waals surface area contributed by atoms with E-state index in [1.54, 1.807) is 12.1 Å². The lowest BCUT2D eigenvalue weighted by Gasteiger charge is -2.21. The van der Waals surface area contributed by atoms with E-state index in [9.17, 15) is 26.7 Å². The Balaban J connectivity index is 1.68. The molecule has 0 unspecified atom stereocenters. The number of alkyl halides is 3. The summed E-state index contributed by atoms with van der Waals surface area (Å²) in [6.45, 7) is 0.223. The smallest absolute Gasteiger partial charge is 0.422 e. The maximum absolute atomic E-state index is 14.7. The lowest BCUT2D eigenvalue weighted by Crippen LogP contribution is -2.36. The van der Waals surface area contributed by atoms with Crippen LogP contribution in [0.15, 0.2) is 42.5 Å². The molecule has 29 heavy (non-hydrogen) atoms. The molecule has 1 N–H and O–H groups in total. The molecule has 156 valence electrons. The van der Waals surface area contributed by atoms with Crippen LogP contribution in [0.4, 0.5) is 22.0 Å². The zero-order valence-corrected chi connectivity index (χ0v) is 15.7. The fourth-order valence-corrected chi connectivity index (χ4v) is 3.24. The number of amides is 1. The van der Waals surface area contributed by atoms with E-state index in [1.165, 1.54) is 24.3 Å². The largest absolute Gasteiger partial charge is 0.481 e. The molecular weight excluding hydrogens is 393 g/mol. The lowest BCUT2D eigenvalue weighted by molar-refractivity contribution is -0.153. The summed E-state index contributed by atoms with van der Waals surface area (Å²) in [7, 11) is 0. The zero-order chi connectivity index (χ0) is 21.2. The standard InChI is InChI=1S/C21H20F5NO2/c1-13(14-5-7-15(22)8-6-14)11-18(28)27-20(9-10-20)16-3-2-4-17(19(16)23)29-12-21(24,25)26/h2-8,13H,9-12H2,1H3,(H,27,28)/t13-/m0/s1. The minimum Gasteiger partial charge on any atom is -0.481 e. The maximum atomic E-state index is 14.7. The first-order chi connectivity index (χ1) is 13.6. The number of hydrogen-bond acceptors (Lipinski definition) is 2. The monoisotopic (exact) mass is 413 g/mol. The summed E-state index contributed by atoms with van der Waals surface area (Å²) >= 11 is 0. The van der Waals surface area contributed by atoms with Crippen molar-refractivity contribution in [2.24, 2.45) is 0 Å². The first-order valence-electron chi connectivity index (χ1n) is 9.15. The number of ether oxygens (including phenoxy) is 1. The predicted molar refractivity (Wildman–Crippen MR) is 96.4 cm³/mol. The van der Waals surface area contributed by atoms with Crippen molar-refractivity contribution in [2.45, 2.75) is 43.8 Å². The fourth-order valence-electron chi connectivity index (χ4n) is 3.24. The zero-order valence-electron chi connectivity index (χ0n) is 15.7. The molecule has 0 heterocycles. The summed E-state index contributed by atoms with van der Waals surface area (Å²) < 4.78 is 69.4. The molecule has 3 nitrogen and oxygen atoms in total. The van der Waals surface area contributed by atoms with Crippen LogP contribution in [-0.2, 0) is 10.3 Å². The Kier molecular flexibility index (Phi) is 5.82. The quantitative estimate of drug-likeness (QED) is 0.634. The molecule has 0 bridgehead atoms. The number of hydrogen-bond donors (Lipinski definition) is 1. The Bertz CT molecular complexity index is 876. The van der Waals surface area contributed by atoms with Gasteiger partial charge in [-0.2, -0.15) is 13.2 Å². The van der Waals surface area contributed by atoms with Crippen molar-refractivity contribution < 1.29 is 31.5 Å². The number of rotatable bonds is 7. The van der Waals surface area contributed by atoms with Crippen molar-refractivity contribution in [3.8, 4) is 5.75 Å². The normalized spacial score (nSPS) is 16.2. The summed E-state index contributed by atoms with van der Waals surface area (Å²) in [5.41, 5.74) is -0.0403. The highest BCUT2D eigenvalue weighted by Crippen LogP contribution is 2.48. The van der Waals surface area contributed by atoms with E-state index >= 15 is 0 Å². The minimum atomic E-state index is -4.58. The van der Waals surface area contributed by atoms with Gasteiger partial charge in [-0.3, -0.25) is 4.79 Å². The van der Waals surface area contributed by atoms with E-state index in [0.29, 0.717) is 12.8 Å². The molecule has 3 rings (SSSR count). The van der Waals surface area contributed by atoms with Crippen molar-refractivity contribution >= 4 is 5.91 Å². The van der Waals surface area contributed by atoms with Gasteiger partial charge in [0.1, 0.15) is 5.82 Å². The molecule has 0 radical (unpaired) electrons. The molecule has 0 aromatic heterocycles. The van der Waals surface area contributed by atoms with Gasteiger partial charge >= 0.3 is 6.18 Å². The second-order valence-corrected chi connectivity index (χ2v) is 7.31. The van der Waals surface area contributed by atoms with Crippen molar-refractivity contribution in [1.82, 2.24) is 5.32 Å². The summed E-state index contributed by atoms with van der Waals surface area (Å²) in [5, 5.41) is 2.81. The molecule has 1 atom stereocenters. The third-order valence-electron chi connectivity index (χ3n) is 4.93. The molecule has 0 aliphatic heterocycles. The van der Waals surface area contributed by atoms with Crippen LogP contribution in [0.5, 0.6) is 5.75 Å². The first-order valence-corrected chi connectivity index (χ1v) is 9.15. The van der Waals surface area contributed by atoms with E-state index in [2.05, 4.69) is 10.1 Å². The summed E-state index contributed by atoms with van der Waals surface area (Å²) in [6.07, 6.45) is -3.52. The summed E-state index contributed by atoms with van der Waals surface area (Å²) in [6, 6.07) is 9.79. The SMILES string of the molecule is C[C@@H](CC(=O)NC1(c2cccc(OCC(F)(F)F)c2F)CC1)c1ccc(F)cc1. The average molecular weight is 413 g/mol. The second kappa shape index (κ2) is 8.00. The van der Waals surface area contributed by atoms with Gasteiger partial charge in [-0.05, 0) is 42.5 Å².